The van der Waals surface area contributed by atoms with Crippen LogP contribution >= 0.6 is 22.6 Å². The Morgan fingerprint density at radius 3 is 2.80 bits per heavy atom. The summed E-state index contributed by atoms with van der Waals surface area (Å²) in [4.78, 5) is 4.67. The number of rotatable bonds is 3. The molecule has 1 N–H and O–H groups in total. The molecule has 1 aromatic carbocycles. The standard InChI is InChI=1S/C17H19IN2/c1-19-16(13-7-9-14(18)10-8-13)15-6-2-4-12-5-3-11-20-17(12)15/h3,5,7-11,15-16,19H,2,4,6H2,1H3. The van der Waals surface area contributed by atoms with Crippen molar-refractivity contribution in [2.24, 2.45) is 0 Å². The van der Waals surface area contributed by atoms with E-state index in [1.54, 1.807) is 0 Å². The van der Waals surface area contributed by atoms with Gasteiger partial charge in [-0.2, -0.15) is 0 Å². The molecule has 1 aliphatic rings. The van der Waals surface area contributed by atoms with E-state index in [-0.39, 0.29) is 0 Å². The van der Waals surface area contributed by atoms with Crippen LogP contribution in [0.2, 0.25) is 0 Å². The lowest BCUT2D eigenvalue weighted by Gasteiger charge is -2.31. The van der Waals surface area contributed by atoms with Crippen LogP contribution in [-0.2, 0) is 6.42 Å². The van der Waals surface area contributed by atoms with E-state index >= 15 is 0 Å². The third-order valence-corrected chi connectivity index (χ3v) is 4.90. The number of halogens is 1. The van der Waals surface area contributed by atoms with Gasteiger partial charge in [0.25, 0.3) is 0 Å². The fraction of sp³-hybridized carbons (Fsp3) is 0.353. The van der Waals surface area contributed by atoms with Crippen LogP contribution in [0.1, 0.15) is 41.6 Å². The number of likely N-dealkylation sites (N-methyl/N-ethyl adjacent to an activating group) is 1. The van der Waals surface area contributed by atoms with Crippen LogP contribution in [0.4, 0.5) is 0 Å². The normalized spacial score (nSPS) is 19.4. The zero-order valence-electron chi connectivity index (χ0n) is 11.6. The Morgan fingerprint density at radius 1 is 1.25 bits per heavy atom. The Hall–Kier alpha value is -0.940. The Morgan fingerprint density at radius 2 is 2.05 bits per heavy atom. The molecule has 0 aliphatic heterocycles. The van der Waals surface area contributed by atoms with Gasteiger partial charge in [-0.25, -0.2) is 0 Å². The summed E-state index contributed by atoms with van der Waals surface area (Å²) >= 11 is 2.35. The zero-order chi connectivity index (χ0) is 13.9. The lowest BCUT2D eigenvalue weighted by atomic mass is 9.79. The largest absolute Gasteiger partial charge is 0.312 e. The minimum Gasteiger partial charge on any atom is -0.312 e. The number of fused-ring (bicyclic) bond motifs is 1. The first-order valence-electron chi connectivity index (χ1n) is 7.16. The molecule has 2 nitrogen and oxygen atoms in total. The fourth-order valence-corrected chi connectivity index (χ4v) is 3.60. The van der Waals surface area contributed by atoms with Crippen molar-refractivity contribution in [1.29, 1.82) is 0 Å². The van der Waals surface area contributed by atoms with E-state index < -0.39 is 0 Å². The van der Waals surface area contributed by atoms with Crippen LogP contribution < -0.4 is 5.32 Å². The highest BCUT2D eigenvalue weighted by Gasteiger charge is 2.29. The molecule has 0 saturated heterocycles. The third kappa shape index (κ3) is 2.74. The van der Waals surface area contributed by atoms with Gasteiger partial charge in [0.15, 0.2) is 0 Å². The molecular formula is C17H19IN2. The van der Waals surface area contributed by atoms with Crippen LogP contribution in [0.3, 0.4) is 0 Å². The van der Waals surface area contributed by atoms with Gasteiger partial charge in [-0.1, -0.05) is 18.2 Å². The number of benzene rings is 1. The summed E-state index contributed by atoms with van der Waals surface area (Å²) in [5.41, 5.74) is 4.07. The number of hydrogen-bond donors (Lipinski definition) is 1. The monoisotopic (exact) mass is 378 g/mol. The molecular weight excluding hydrogens is 359 g/mol. The van der Waals surface area contributed by atoms with E-state index in [1.165, 1.54) is 39.7 Å². The second-order valence-electron chi connectivity index (χ2n) is 5.36. The van der Waals surface area contributed by atoms with Crippen LogP contribution in [0, 0.1) is 3.57 Å². The molecule has 1 aromatic heterocycles. The predicted molar refractivity (Wildman–Crippen MR) is 90.9 cm³/mol. The van der Waals surface area contributed by atoms with Gasteiger partial charge in [-0.15, -0.1) is 0 Å². The fourth-order valence-electron chi connectivity index (χ4n) is 3.24. The number of hydrogen-bond acceptors (Lipinski definition) is 2. The van der Waals surface area contributed by atoms with Crippen molar-refractivity contribution < 1.29 is 0 Å². The second kappa shape index (κ2) is 6.22. The summed E-state index contributed by atoms with van der Waals surface area (Å²) in [6.45, 7) is 0. The first-order chi connectivity index (χ1) is 9.79. The molecule has 0 radical (unpaired) electrons. The molecule has 20 heavy (non-hydrogen) atoms. The average molecular weight is 378 g/mol. The van der Waals surface area contributed by atoms with Gasteiger partial charge in [-0.05, 0) is 78.2 Å². The van der Waals surface area contributed by atoms with Gasteiger partial charge in [-0.3, -0.25) is 4.98 Å². The summed E-state index contributed by atoms with van der Waals surface area (Å²) in [6.07, 6.45) is 5.56. The molecule has 3 rings (SSSR count). The molecule has 2 unspecified atom stereocenters. The Labute approximate surface area is 134 Å². The number of nitrogens with zero attached hydrogens (tertiary/aromatic N) is 1. The van der Waals surface area contributed by atoms with Crippen LogP contribution in [-0.4, -0.2) is 12.0 Å². The topological polar surface area (TPSA) is 24.9 Å². The highest BCUT2D eigenvalue weighted by Crippen LogP contribution is 2.39. The first kappa shape index (κ1) is 14.0. The van der Waals surface area contributed by atoms with Crippen molar-refractivity contribution in [3.63, 3.8) is 0 Å². The van der Waals surface area contributed by atoms with Crippen LogP contribution in [0.15, 0.2) is 42.6 Å². The lowest BCUT2D eigenvalue weighted by molar-refractivity contribution is 0.416. The molecule has 0 amide bonds. The molecule has 1 aliphatic carbocycles. The summed E-state index contributed by atoms with van der Waals surface area (Å²) in [7, 11) is 2.06. The molecule has 3 heteroatoms. The van der Waals surface area contributed by atoms with Crippen molar-refractivity contribution in [3.8, 4) is 0 Å². The number of pyridine rings is 1. The molecule has 0 bridgehead atoms. The van der Waals surface area contributed by atoms with Crippen molar-refractivity contribution >= 4 is 22.6 Å². The maximum absolute atomic E-state index is 4.67. The lowest BCUT2D eigenvalue weighted by Crippen LogP contribution is -2.27. The molecule has 1 heterocycles. The summed E-state index contributed by atoms with van der Waals surface area (Å²) < 4.78 is 1.28. The molecule has 0 fully saturated rings. The van der Waals surface area contributed by atoms with Crippen LogP contribution in [0.5, 0.6) is 0 Å². The third-order valence-electron chi connectivity index (χ3n) is 4.18. The summed E-state index contributed by atoms with van der Waals surface area (Å²) in [5.74, 6) is 0.477. The highest BCUT2D eigenvalue weighted by molar-refractivity contribution is 14.1. The Balaban J connectivity index is 1.96. The number of aromatic nitrogens is 1. The Kier molecular flexibility index (Phi) is 4.36. The van der Waals surface area contributed by atoms with Gasteiger partial charge in [0.1, 0.15) is 0 Å². The van der Waals surface area contributed by atoms with Crippen molar-refractivity contribution in [3.05, 3.63) is 63.0 Å². The van der Waals surface area contributed by atoms with Gasteiger partial charge < -0.3 is 5.32 Å². The van der Waals surface area contributed by atoms with Crippen LogP contribution in [0.25, 0.3) is 0 Å². The van der Waals surface area contributed by atoms with E-state index in [1.807, 2.05) is 6.20 Å². The van der Waals surface area contributed by atoms with Gasteiger partial charge in [0.2, 0.25) is 0 Å². The molecule has 2 aromatic rings. The number of nitrogens with one attached hydrogen (secondary N) is 1. The van der Waals surface area contributed by atoms with Gasteiger partial charge in [0, 0.05) is 27.4 Å². The minimum atomic E-state index is 0.348. The molecule has 2 atom stereocenters. The number of aryl methyl sites for hydroxylation is 1. The first-order valence-corrected chi connectivity index (χ1v) is 8.24. The van der Waals surface area contributed by atoms with E-state index in [9.17, 15) is 0 Å². The maximum Gasteiger partial charge on any atom is 0.0485 e. The quantitative estimate of drug-likeness (QED) is 0.815. The summed E-state index contributed by atoms with van der Waals surface area (Å²) in [6, 6.07) is 13.5. The van der Waals surface area contributed by atoms with E-state index in [4.69, 9.17) is 0 Å². The van der Waals surface area contributed by atoms with E-state index in [2.05, 4.69) is 76.3 Å². The minimum absolute atomic E-state index is 0.348. The highest BCUT2D eigenvalue weighted by atomic mass is 127. The summed E-state index contributed by atoms with van der Waals surface area (Å²) in [5, 5.41) is 3.51. The van der Waals surface area contributed by atoms with E-state index in [0.29, 0.717) is 12.0 Å². The maximum atomic E-state index is 4.67. The predicted octanol–water partition coefficient (Wildman–Crippen LogP) is 4.07. The average Bonchev–Trinajstić information content (AvgIpc) is 2.50. The van der Waals surface area contributed by atoms with E-state index in [0.717, 1.165) is 0 Å². The molecule has 0 saturated carbocycles. The molecule has 104 valence electrons. The van der Waals surface area contributed by atoms with Crippen molar-refractivity contribution in [2.75, 3.05) is 7.05 Å². The SMILES string of the molecule is CNC(c1ccc(I)cc1)C1CCCc2cccnc21. The second-order valence-corrected chi connectivity index (χ2v) is 6.61. The molecule has 0 spiro atoms. The van der Waals surface area contributed by atoms with Crippen molar-refractivity contribution in [1.82, 2.24) is 10.3 Å². The zero-order valence-corrected chi connectivity index (χ0v) is 13.8. The Bertz CT molecular complexity index is 580. The van der Waals surface area contributed by atoms with Gasteiger partial charge in [0.05, 0.1) is 0 Å². The van der Waals surface area contributed by atoms with Gasteiger partial charge >= 0.3 is 0 Å². The van der Waals surface area contributed by atoms with Crippen molar-refractivity contribution in [2.45, 2.75) is 31.2 Å². The smallest absolute Gasteiger partial charge is 0.0485 e.